The minimum atomic E-state index is 0.0193. The maximum Gasteiger partial charge on any atom is 0.264 e. The monoisotopic (exact) mass is 400 g/mol. The van der Waals surface area contributed by atoms with E-state index in [-0.39, 0.29) is 11.8 Å². The molecule has 1 saturated heterocycles. The summed E-state index contributed by atoms with van der Waals surface area (Å²) in [4.78, 5) is 27.9. The van der Waals surface area contributed by atoms with Crippen LogP contribution < -0.4 is 10.1 Å². The molecule has 1 atom stereocenters. The van der Waals surface area contributed by atoms with Crippen LogP contribution in [-0.4, -0.2) is 36.9 Å². The smallest absolute Gasteiger partial charge is 0.264 e. The van der Waals surface area contributed by atoms with Crippen LogP contribution in [0.3, 0.4) is 0 Å². The zero-order chi connectivity index (χ0) is 20.1. The number of likely N-dealkylation sites (tertiary alicyclic amines) is 1. The number of aryl methyl sites for hydroxylation is 2. The minimum Gasteiger partial charge on any atom is -0.497 e. The van der Waals surface area contributed by atoms with Crippen LogP contribution in [0.15, 0.2) is 29.6 Å². The SMILES string of the molecule is COc1ccc(NC(=O)CC[C@H]2CCCN(C(=O)c3sccc3C)C2)c(C)c1. The molecule has 6 heteroatoms. The van der Waals surface area contributed by atoms with Crippen molar-refractivity contribution in [1.29, 1.82) is 0 Å². The van der Waals surface area contributed by atoms with Gasteiger partial charge in [-0.05, 0) is 79.8 Å². The van der Waals surface area contributed by atoms with Crippen molar-refractivity contribution in [3.05, 3.63) is 45.6 Å². The molecule has 1 aromatic heterocycles. The molecule has 0 saturated carbocycles. The normalized spacial score (nSPS) is 16.7. The quantitative estimate of drug-likeness (QED) is 0.768. The molecular weight excluding hydrogens is 372 g/mol. The maximum atomic E-state index is 12.7. The fourth-order valence-corrected chi connectivity index (χ4v) is 4.56. The Hall–Kier alpha value is -2.34. The second-order valence-corrected chi connectivity index (χ2v) is 8.38. The zero-order valence-electron chi connectivity index (χ0n) is 16.8. The molecule has 1 aliphatic heterocycles. The predicted octanol–water partition coefficient (Wildman–Crippen LogP) is 4.64. The van der Waals surface area contributed by atoms with Gasteiger partial charge in [0.05, 0.1) is 12.0 Å². The highest BCUT2D eigenvalue weighted by atomic mass is 32.1. The molecule has 150 valence electrons. The molecule has 2 heterocycles. The highest BCUT2D eigenvalue weighted by molar-refractivity contribution is 7.12. The number of methoxy groups -OCH3 is 1. The van der Waals surface area contributed by atoms with Crippen LogP contribution in [0.1, 0.15) is 46.5 Å². The van der Waals surface area contributed by atoms with Crippen molar-refractivity contribution >= 4 is 28.8 Å². The van der Waals surface area contributed by atoms with Gasteiger partial charge in [-0.2, -0.15) is 0 Å². The number of hydrogen-bond acceptors (Lipinski definition) is 4. The van der Waals surface area contributed by atoms with E-state index in [1.807, 2.05) is 48.4 Å². The third kappa shape index (κ3) is 4.93. The van der Waals surface area contributed by atoms with Crippen molar-refractivity contribution in [3.8, 4) is 5.75 Å². The second-order valence-electron chi connectivity index (χ2n) is 7.46. The fraction of sp³-hybridized carbons (Fsp3) is 0.455. The summed E-state index contributed by atoms with van der Waals surface area (Å²) in [6.07, 6.45) is 3.34. The highest BCUT2D eigenvalue weighted by Gasteiger charge is 2.26. The Morgan fingerprint density at radius 1 is 1.25 bits per heavy atom. The molecule has 2 amide bonds. The first-order valence-corrected chi connectivity index (χ1v) is 10.6. The van der Waals surface area contributed by atoms with E-state index in [0.29, 0.717) is 12.3 Å². The molecule has 2 aromatic rings. The lowest BCUT2D eigenvalue weighted by atomic mass is 9.93. The molecule has 3 rings (SSSR count). The standard InChI is InChI=1S/C22H28N2O3S/c1-15-10-12-28-21(15)22(26)24-11-4-5-17(14-24)6-9-20(25)23-19-8-7-18(27-3)13-16(19)2/h7-8,10,12-13,17H,4-6,9,11,14H2,1-3H3,(H,23,25)/t17-/m1/s1. The van der Waals surface area contributed by atoms with Crippen LogP contribution in [0.5, 0.6) is 5.75 Å². The van der Waals surface area contributed by atoms with Gasteiger partial charge in [0.25, 0.3) is 5.91 Å². The number of piperidine rings is 1. The van der Waals surface area contributed by atoms with Crippen molar-refractivity contribution in [1.82, 2.24) is 4.90 Å². The van der Waals surface area contributed by atoms with E-state index in [0.717, 1.165) is 59.8 Å². The van der Waals surface area contributed by atoms with E-state index in [4.69, 9.17) is 4.74 Å². The number of hydrogen-bond donors (Lipinski definition) is 1. The van der Waals surface area contributed by atoms with E-state index in [2.05, 4.69) is 5.32 Å². The van der Waals surface area contributed by atoms with E-state index in [9.17, 15) is 9.59 Å². The molecule has 1 fully saturated rings. The summed E-state index contributed by atoms with van der Waals surface area (Å²) in [5.41, 5.74) is 2.85. The zero-order valence-corrected chi connectivity index (χ0v) is 17.6. The number of anilines is 1. The number of benzene rings is 1. The first-order valence-electron chi connectivity index (χ1n) is 9.75. The molecule has 0 spiro atoms. The molecule has 1 aromatic carbocycles. The highest BCUT2D eigenvalue weighted by Crippen LogP contribution is 2.26. The maximum absolute atomic E-state index is 12.7. The van der Waals surface area contributed by atoms with E-state index in [1.165, 1.54) is 11.3 Å². The van der Waals surface area contributed by atoms with E-state index in [1.54, 1.807) is 7.11 Å². The number of thiophene rings is 1. The molecule has 0 unspecified atom stereocenters. The van der Waals surface area contributed by atoms with E-state index < -0.39 is 0 Å². The van der Waals surface area contributed by atoms with Gasteiger partial charge in [-0.15, -0.1) is 11.3 Å². The van der Waals surface area contributed by atoms with Gasteiger partial charge in [0, 0.05) is 25.2 Å². The minimum absolute atomic E-state index is 0.0193. The fourth-order valence-electron chi connectivity index (χ4n) is 3.67. The van der Waals surface area contributed by atoms with Crippen LogP contribution in [0.2, 0.25) is 0 Å². The van der Waals surface area contributed by atoms with Gasteiger partial charge < -0.3 is 15.0 Å². The van der Waals surface area contributed by atoms with Gasteiger partial charge >= 0.3 is 0 Å². The average Bonchev–Trinajstić information content (AvgIpc) is 3.13. The number of ether oxygens (including phenoxy) is 1. The number of nitrogens with zero attached hydrogens (tertiary/aromatic N) is 1. The Kier molecular flexibility index (Phi) is 6.73. The van der Waals surface area contributed by atoms with Gasteiger partial charge in [-0.25, -0.2) is 0 Å². The molecule has 1 N–H and O–H groups in total. The first kappa shape index (κ1) is 20.4. The summed E-state index contributed by atoms with van der Waals surface area (Å²) < 4.78 is 5.20. The number of carbonyl (C=O) groups is 2. The van der Waals surface area contributed by atoms with Crippen molar-refractivity contribution < 1.29 is 14.3 Å². The summed E-state index contributed by atoms with van der Waals surface area (Å²) in [6, 6.07) is 7.62. The lowest BCUT2D eigenvalue weighted by Crippen LogP contribution is -2.40. The number of rotatable bonds is 6. The lowest BCUT2D eigenvalue weighted by Gasteiger charge is -2.32. The molecule has 1 aliphatic rings. The Balaban J connectivity index is 1.51. The van der Waals surface area contributed by atoms with Crippen molar-refractivity contribution in [2.75, 3.05) is 25.5 Å². The van der Waals surface area contributed by atoms with Crippen molar-refractivity contribution in [2.45, 2.75) is 39.5 Å². The first-order chi connectivity index (χ1) is 13.5. The average molecular weight is 401 g/mol. The molecular formula is C22H28N2O3S. The topological polar surface area (TPSA) is 58.6 Å². The predicted molar refractivity (Wildman–Crippen MR) is 113 cm³/mol. The summed E-state index contributed by atoms with van der Waals surface area (Å²) in [7, 11) is 1.63. The third-order valence-corrected chi connectivity index (χ3v) is 6.35. The molecule has 5 nitrogen and oxygen atoms in total. The van der Waals surface area contributed by atoms with Crippen LogP contribution in [0, 0.1) is 19.8 Å². The van der Waals surface area contributed by atoms with Crippen molar-refractivity contribution in [2.24, 2.45) is 5.92 Å². The summed E-state index contributed by atoms with van der Waals surface area (Å²) in [5, 5.41) is 4.96. The molecule has 28 heavy (non-hydrogen) atoms. The summed E-state index contributed by atoms with van der Waals surface area (Å²) in [6.45, 7) is 5.49. The van der Waals surface area contributed by atoms with Crippen molar-refractivity contribution in [3.63, 3.8) is 0 Å². The van der Waals surface area contributed by atoms with Gasteiger partial charge in [-0.1, -0.05) is 0 Å². The molecule has 0 aliphatic carbocycles. The number of nitrogens with one attached hydrogen (secondary N) is 1. The Bertz CT molecular complexity index is 846. The number of amides is 2. The summed E-state index contributed by atoms with van der Waals surface area (Å²) in [5.74, 6) is 1.31. The summed E-state index contributed by atoms with van der Waals surface area (Å²) >= 11 is 1.51. The molecule has 0 radical (unpaired) electrons. The largest absolute Gasteiger partial charge is 0.497 e. The van der Waals surface area contributed by atoms with Crippen LogP contribution in [-0.2, 0) is 4.79 Å². The third-order valence-electron chi connectivity index (χ3n) is 5.35. The van der Waals surface area contributed by atoms with Gasteiger partial charge in [0.1, 0.15) is 5.75 Å². The van der Waals surface area contributed by atoms with Gasteiger partial charge in [0.15, 0.2) is 0 Å². The second kappa shape index (κ2) is 9.24. The lowest BCUT2D eigenvalue weighted by molar-refractivity contribution is -0.116. The van der Waals surface area contributed by atoms with E-state index >= 15 is 0 Å². The van der Waals surface area contributed by atoms with Crippen LogP contribution in [0.4, 0.5) is 5.69 Å². The Labute approximate surface area is 170 Å². The molecule has 0 bridgehead atoms. The number of carbonyl (C=O) groups excluding carboxylic acids is 2. The van der Waals surface area contributed by atoms with Crippen LogP contribution in [0.25, 0.3) is 0 Å². The van der Waals surface area contributed by atoms with Gasteiger partial charge in [0.2, 0.25) is 5.91 Å². The van der Waals surface area contributed by atoms with Crippen LogP contribution >= 0.6 is 11.3 Å². The Morgan fingerprint density at radius 3 is 2.75 bits per heavy atom. The Morgan fingerprint density at radius 2 is 2.07 bits per heavy atom. The van der Waals surface area contributed by atoms with Gasteiger partial charge in [-0.3, -0.25) is 9.59 Å².